The molecule has 0 bridgehead atoms. The summed E-state index contributed by atoms with van der Waals surface area (Å²) in [6.07, 6.45) is 0. The van der Waals surface area contributed by atoms with Crippen LogP contribution in [0.3, 0.4) is 0 Å². The van der Waals surface area contributed by atoms with Crippen LogP contribution in [0.2, 0.25) is 0 Å². The highest BCUT2D eigenvalue weighted by atomic mass is 16.2. The largest absolute Gasteiger partial charge is 0.352 e. The maximum Gasteiger partial charge on any atom is 0.245 e. The van der Waals surface area contributed by atoms with Crippen molar-refractivity contribution in [3.63, 3.8) is 0 Å². The zero-order chi connectivity index (χ0) is 13.5. The molecular weight excluding hydrogens is 230 g/mol. The van der Waals surface area contributed by atoms with Gasteiger partial charge in [0.05, 0.1) is 5.69 Å². The molecule has 0 radical (unpaired) electrons. The lowest BCUT2D eigenvalue weighted by Gasteiger charge is -2.42. The van der Waals surface area contributed by atoms with E-state index in [0.29, 0.717) is 24.3 Å². The molecule has 0 aromatic carbocycles. The SMILES string of the molecule is Cc1nn(C)c(N2CCNC(=O)C2(C)C)c1C#N. The molecule has 1 aromatic rings. The number of amides is 1. The van der Waals surface area contributed by atoms with Crippen LogP contribution in [0.15, 0.2) is 0 Å². The Morgan fingerprint density at radius 3 is 2.78 bits per heavy atom. The lowest BCUT2D eigenvalue weighted by molar-refractivity contribution is -0.126. The van der Waals surface area contributed by atoms with Crippen molar-refractivity contribution in [1.29, 1.82) is 5.26 Å². The second-order valence-corrected chi connectivity index (χ2v) is 4.99. The van der Waals surface area contributed by atoms with Crippen molar-refractivity contribution in [2.75, 3.05) is 18.0 Å². The van der Waals surface area contributed by atoms with E-state index in [1.807, 2.05) is 18.7 Å². The third kappa shape index (κ3) is 1.63. The van der Waals surface area contributed by atoms with Gasteiger partial charge in [0, 0.05) is 20.1 Å². The molecule has 1 amide bonds. The average Bonchev–Trinajstić information content (AvgIpc) is 2.57. The molecule has 18 heavy (non-hydrogen) atoms. The number of rotatable bonds is 1. The van der Waals surface area contributed by atoms with E-state index in [1.54, 1.807) is 18.7 Å². The van der Waals surface area contributed by atoms with E-state index in [-0.39, 0.29) is 5.91 Å². The van der Waals surface area contributed by atoms with Crippen LogP contribution < -0.4 is 10.2 Å². The maximum absolute atomic E-state index is 12.0. The van der Waals surface area contributed by atoms with Gasteiger partial charge in [0.1, 0.15) is 23.0 Å². The van der Waals surface area contributed by atoms with Crippen LogP contribution in [0.1, 0.15) is 25.1 Å². The van der Waals surface area contributed by atoms with E-state index in [0.717, 1.165) is 5.82 Å². The van der Waals surface area contributed by atoms with Gasteiger partial charge in [-0.25, -0.2) is 0 Å². The predicted octanol–water partition coefficient (Wildman–Crippen LogP) is 0.315. The molecule has 0 aliphatic carbocycles. The second kappa shape index (κ2) is 4.02. The molecule has 1 N–H and O–H groups in total. The number of nitrogens with zero attached hydrogens (tertiary/aromatic N) is 4. The highest BCUT2D eigenvalue weighted by Gasteiger charge is 2.40. The lowest BCUT2D eigenvalue weighted by Crippen LogP contribution is -2.62. The first-order valence-corrected chi connectivity index (χ1v) is 5.89. The molecule has 1 aliphatic heterocycles. The molecule has 0 spiro atoms. The number of piperazine rings is 1. The first kappa shape index (κ1) is 12.4. The first-order chi connectivity index (χ1) is 8.39. The fraction of sp³-hybridized carbons (Fsp3) is 0.583. The van der Waals surface area contributed by atoms with Crippen LogP contribution in [0.4, 0.5) is 5.82 Å². The zero-order valence-corrected chi connectivity index (χ0v) is 11.1. The van der Waals surface area contributed by atoms with Gasteiger partial charge in [-0.1, -0.05) is 0 Å². The van der Waals surface area contributed by atoms with Crippen LogP contribution in [-0.4, -0.2) is 34.3 Å². The quantitative estimate of drug-likeness (QED) is 0.775. The van der Waals surface area contributed by atoms with Gasteiger partial charge in [0.15, 0.2) is 0 Å². The Morgan fingerprint density at radius 1 is 1.50 bits per heavy atom. The highest BCUT2D eigenvalue weighted by Crippen LogP contribution is 2.30. The Kier molecular flexibility index (Phi) is 2.77. The minimum absolute atomic E-state index is 0.0310. The maximum atomic E-state index is 12.0. The standard InChI is InChI=1S/C12H17N5O/c1-8-9(7-13)10(16(4)15-8)17-6-5-14-11(18)12(17,2)3/h5-6H2,1-4H3,(H,14,18). The second-order valence-electron chi connectivity index (χ2n) is 4.99. The normalized spacial score (nSPS) is 18.4. The summed E-state index contributed by atoms with van der Waals surface area (Å²) in [4.78, 5) is 13.9. The number of nitriles is 1. The summed E-state index contributed by atoms with van der Waals surface area (Å²) >= 11 is 0. The summed E-state index contributed by atoms with van der Waals surface area (Å²) in [5.74, 6) is 0.686. The number of hydrogen-bond acceptors (Lipinski definition) is 4. The average molecular weight is 247 g/mol. The Labute approximate surface area is 106 Å². The monoisotopic (exact) mass is 247 g/mol. The van der Waals surface area contributed by atoms with E-state index in [4.69, 9.17) is 0 Å². The van der Waals surface area contributed by atoms with Gasteiger partial charge in [-0.15, -0.1) is 0 Å². The van der Waals surface area contributed by atoms with Gasteiger partial charge in [0.25, 0.3) is 0 Å². The van der Waals surface area contributed by atoms with Crippen molar-refractivity contribution in [2.24, 2.45) is 7.05 Å². The zero-order valence-electron chi connectivity index (χ0n) is 11.1. The van der Waals surface area contributed by atoms with Crippen molar-refractivity contribution in [3.8, 4) is 6.07 Å². The van der Waals surface area contributed by atoms with E-state index < -0.39 is 5.54 Å². The third-order valence-corrected chi connectivity index (χ3v) is 3.41. The van der Waals surface area contributed by atoms with E-state index >= 15 is 0 Å². The minimum atomic E-state index is -0.677. The topological polar surface area (TPSA) is 74.0 Å². The van der Waals surface area contributed by atoms with Crippen molar-refractivity contribution in [1.82, 2.24) is 15.1 Å². The molecule has 6 nitrogen and oxygen atoms in total. The van der Waals surface area contributed by atoms with Crippen molar-refractivity contribution in [3.05, 3.63) is 11.3 Å². The summed E-state index contributed by atoms with van der Waals surface area (Å²) in [6.45, 7) is 6.76. The molecule has 6 heteroatoms. The molecule has 96 valence electrons. The molecule has 0 atom stereocenters. The smallest absolute Gasteiger partial charge is 0.245 e. The van der Waals surface area contributed by atoms with Crippen molar-refractivity contribution in [2.45, 2.75) is 26.3 Å². The molecule has 0 unspecified atom stereocenters. The van der Waals surface area contributed by atoms with Crippen LogP contribution in [-0.2, 0) is 11.8 Å². The van der Waals surface area contributed by atoms with Crippen molar-refractivity contribution >= 4 is 11.7 Å². The first-order valence-electron chi connectivity index (χ1n) is 5.89. The van der Waals surface area contributed by atoms with Crippen molar-refractivity contribution < 1.29 is 4.79 Å². The van der Waals surface area contributed by atoms with E-state index in [9.17, 15) is 10.1 Å². The summed E-state index contributed by atoms with van der Waals surface area (Å²) in [5, 5.41) is 16.4. The summed E-state index contributed by atoms with van der Waals surface area (Å²) in [7, 11) is 1.80. The van der Waals surface area contributed by atoms with Gasteiger partial charge in [-0.05, 0) is 20.8 Å². The van der Waals surface area contributed by atoms with Crippen LogP contribution in [0.5, 0.6) is 0 Å². The fourth-order valence-corrected chi connectivity index (χ4v) is 2.36. The molecule has 0 saturated carbocycles. The summed E-state index contributed by atoms with van der Waals surface area (Å²) in [5.41, 5.74) is 0.557. The fourth-order valence-electron chi connectivity index (χ4n) is 2.36. The molecule has 2 heterocycles. The molecule has 1 aromatic heterocycles. The Balaban J connectivity index is 2.55. The highest BCUT2D eigenvalue weighted by molar-refractivity contribution is 5.90. The molecular formula is C12H17N5O. The number of hydrogen-bond donors (Lipinski definition) is 1. The summed E-state index contributed by atoms with van der Waals surface area (Å²) < 4.78 is 1.67. The number of aryl methyl sites for hydroxylation is 2. The van der Waals surface area contributed by atoms with Gasteiger partial charge < -0.3 is 10.2 Å². The van der Waals surface area contributed by atoms with Gasteiger partial charge in [-0.3, -0.25) is 9.48 Å². The minimum Gasteiger partial charge on any atom is -0.352 e. The summed E-state index contributed by atoms with van der Waals surface area (Å²) in [6, 6.07) is 2.18. The Bertz CT molecular complexity index is 537. The third-order valence-electron chi connectivity index (χ3n) is 3.41. The number of carbonyl (C=O) groups excluding carboxylic acids is 1. The molecule has 1 aliphatic rings. The number of anilines is 1. The van der Waals surface area contributed by atoms with Crippen LogP contribution >= 0.6 is 0 Å². The Hall–Kier alpha value is -2.03. The van der Waals surface area contributed by atoms with E-state index in [2.05, 4.69) is 16.5 Å². The Morgan fingerprint density at radius 2 is 2.17 bits per heavy atom. The van der Waals surface area contributed by atoms with E-state index in [1.165, 1.54) is 0 Å². The van der Waals surface area contributed by atoms with Crippen LogP contribution in [0.25, 0.3) is 0 Å². The number of nitrogens with one attached hydrogen (secondary N) is 1. The number of aromatic nitrogens is 2. The number of carbonyl (C=O) groups is 1. The lowest BCUT2D eigenvalue weighted by atomic mass is 9.98. The molecule has 1 saturated heterocycles. The van der Waals surface area contributed by atoms with Gasteiger partial charge in [-0.2, -0.15) is 10.4 Å². The van der Waals surface area contributed by atoms with Gasteiger partial charge in [0.2, 0.25) is 5.91 Å². The predicted molar refractivity (Wildman–Crippen MR) is 67.1 cm³/mol. The van der Waals surface area contributed by atoms with Gasteiger partial charge >= 0.3 is 0 Å². The molecule has 2 rings (SSSR count). The molecule has 1 fully saturated rings. The van der Waals surface area contributed by atoms with Crippen LogP contribution in [0, 0.1) is 18.3 Å².